The molecule has 5 heteroatoms. The highest BCUT2D eigenvalue weighted by Gasteiger charge is 2.30. The number of aromatic nitrogens is 1. The Bertz CT molecular complexity index is 674. The number of aliphatic imine (C=N–C) groups is 1. The zero-order valence-electron chi connectivity index (χ0n) is 14.0. The van der Waals surface area contributed by atoms with Crippen molar-refractivity contribution in [1.82, 2.24) is 15.2 Å². The molecule has 0 aromatic carbocycles. The predicted molar refractivity (Wildman–Crippen MR) is 94.1 cm³/mol. The van der Waals surface area contributed by atoms with Gasteiger partial charge in [-0.1, -0.05) is 0 Å². The summed E-state index contributed by atoms with van der Waals surface area (Å²) in [6.45, 7) is 4.43. The number of piperidine rings is 1. The van der Waals surface area contributed by atoms with E-state index >= 15 is 0 Å². The Balaban J connectivity index is 1.44. The number of hydrogen-bond donors (Lipinski definition) is 1. The van der Waals surface area contributed by atoms with E-state index in [0.717, 1.165) is 50.4 Å². The second kappa shape index (κ2) is 6.85. The molecule has 3 aliphatic heterocycles. The van der Waals surface area contributed by atoms with Crippen LogP contribution in [0.1, 0.15) is 31.2 Å². The molecular weight excluding hydrogens is 300 g/mol. The third-order valence-electron chi connectivity index (χ3n) is 5.34. The molecule has 24 heavy (non-hydrogen) atoms. The van der Waals surface area contributed by atoms with Crippen LogP contribution >= 0.6 is 0 Å². The van der Waals surface area contributed by atoms with Gasteiger partial charge in [0.1, 0.15) is 0 Å². The number of nitrogens with one attached hydrogen (secondary N) is 1. The molecule has 1 aromatic heterocycles. The SMILES string of the molecule is O=C(C[C@@H]1CCCNC1)N1CCC2=C(C1)C(c1ccncc1)=NC2. The number of hydrogen-bond acceptors (Lipinski definition) is 4. The normalized spacial score (nSPS) is 23.9. The average molecular weight is 324 g/mol. The fourth-order valence-electron chi connectivity index (χ4n) is 3.95. The summed E-state index contributed by atoms with van der Waals surface area (Å²) in [5.41, 5.74) is 4.85. The molecule has 1 saturated heterocycles. The Morgan fingerprint density at radius 2 is 2.21 bits per heavy atom. The van der Waals surface area contributed by atoms with E-state index in [1.165, 1.54) is 24.0 Å². The maximum absolute atomic E-state index is 12.7. The molecule has 4 rings (SSSR count). The van der Waals surface area contributed by atoms with E-state index in [9.17, 15) is 4.79 Å². The maximum Gasteiger partial charge on any atom is 0.223 e. The van der Waals surface area contributed by atoms with Crippen molar-refractivity contribution in [1.29, 1.82) is 0 Å². The molecule has 0 aliphatic carbocycles. The number of carbonyl (C=O) groups excluding carboxylic acids is 1. The molecular formula is C19H24N4O. The fourth-order valence-corrected chi connectivity index (χ4v) is 3.95. The Labute approximate surface area is 142 Å². The molecule has 126 valence electrons. The van der Waals surface area contributed by atoms with E-state index in [1.54, 1.807) is 12.4 Å². The Hall–Kier alpha value is -2.01. The van der Waals surface area contributed by atoms with Gasteiger partial charge >= 0.3 is 0 Å². The molecule has 5 nitrogen and oxygen atoms in total. The van der Waals surface area contributed by atoms with E-state index in [1.807, 2.05) is 17.0 Å². The largest absolute Gasteiger partial charge is 0.338 e. The number of rotatable bonds is 3. The average Bonchev–Trinajstić information content (AvgIpc) is 3.06. The lowest BCUT2D eigenvalue weighted by molar-refractivity contribution is -0.132. The van der Waals surface area contributed by atoms with E-state index in [0.29, 0.717) is 18.2 Å². The number of pyridine rings is 1. The predicted octanol–water partition coefficient (Wildman–Crippen LogP) is 1.80. The van der Waals surface area contributed by atoms with E-state index in [4.69, 9.17) is 4.99 Å². The molecule has 1 atom stereocenters. The minimum Gasteiger partial charge on any atom is -0.338 e. The highest BCUT2D eigenvalue weighted by atomic mass is 16.2. The third-order valence-corrected chi connectivity index (χ3v) is 5.34. The first-order valence-electron chi connectivity index (χ1n) is 8.96. The lowest BCUT2D eigenvalue weighted by Crippen LogP contribution is -2.40. The van der Waals surface area contributed by atoms with Crippen LogP contribution in [-0.2, 0) is 4.79 Å². The lowest BCUT2D eigenvalue weighted by atomic mass is 9.93. The summed E-state index contributed by atoms with van der Waals surface area (Å²) in [6.07, 6.45) is 7.60. The van der Waals surface area contributed by atoms with E-state index in [2.05, 4.69) is 10.3 Å². The van der Waals surface area contributed by atoms with Crippen LogP contribution < -0.4 is 5.32 Å². The van der Waals surface area contributed by atoms with Crippen molar-refractivity contribution >= 4 is 11.6 Å². The summed E-state index contributed by atoms with van der Waals surface area (Å²) in [5.74, 6) is 0.801. The second-order valence-electron chi connectivity index (χ2n) is 6.96. The standard InChI is InChI=1S/C19H24N4O/c24-18(10-14-2-1-6-21-11-14)23-9-5-16-12-22-19(17(16)13-23)15-3-7-20-8-4-15/h3-4,7-8,14,21H,1-2,5-6,9-13H2/t14-/m0/s1. The summed E-state index contributed by atoms with van der Waals surface area (Å²) in [4.78, 5) is 23.6. The van der Waals surface area contributed by atoms with Gasteiger partial charge in [0.05, 0.1) is 12.3 Å². The van der Waals surface area contributed by atoms with Crippen LogP contribution in [0.5, 0.6) is 0 Å². The fraction of sp³-hybridized carbons (Fsp3) is 0.526. The Morgan fingerprint density at radius 3 is 3.00 bits per heavy atom. The van der Waals surface area contributed by atoms with E-state index < -0.39 is 0 Å². The van der Waals surface area contributed by atoms with Crippen molar-refractivity contribution < 1.29 is 4.79 Å². The van der Waals surface area contributed by atoms with Gasteiger partial charge in [0.2, 0.25) is 5.91 Å². The minimum atomic E-state index is 0.302. The van der Waals surface area contributed by atoms with Crippen molar-refractivity contribution in [3.63, 3.8) is 0 Å². The summed E-state index contributed by atoms with van der Waals surface area (Å²) in [5, 5.41) is 3.40. The van der Waals surface area contributed by atoms with Crippen molar-refractivity contribution in [3.05, 3.63) is 41.2 Å². The summed E-state index contributed by atoms with van der Waals surface area (Å²) < 4.78 is 0. The number of nitrogens with zero attached hydrogens (tertiary/aromatic N) is 3. The Kier molecular flexibility index (Phi) is 4.43. The van der Waals surface area contributed by atoms with Crippen LogP contribution in [-0.4, -0.2) is 54.2 Å². The summed E-state index contributed by atoms with van der Waals surface area (Å²) in [7, 11) is 0. The third kappa shape index (κ3) is 3.13. The van der Waals surface area contributed by atoms with Crippen LogP contribution in [0.3, 0.4) is 0 Å². The molecule has 0 unspecified atom stereocenters. The zero-order chi connectivity index (χ0) is 16.4. The van der Waals surface area contributed by atoms with Crippen LogP contribution in [0.15, 0.2) is 40.7 Å². The molecule has 0 saturated carbocycles. The highest BCUT2D eigenvalue weighted by molar-refractivity contribution is 6.15. The van der Waals surface area contributed by atoms with Crippen molar-refractivity contribution in [3.8, 4) is 0 Å². The molecule has 0 bridgehead atoms. The Morgan fingerprint density at radius 1 is 1.33 bits per heavy atom. The van der Waals surface area contributed by atoms with Gasteiger partial charge in [0.15, 0.2) is 0 Å². The smallest absolute Gasteiger partial charge is 0.223 e. The van der Waals surface area contributed by atoms with Gasteiger partial charge in [-0.05, 0) is 61.5 Å². The zero-order valence-corrected chi connectivity index (χ0v) is 14.0. The van der Waals surface area contributed by atoms with Crippen LogP contribution in [0, 0.1) is 5.92 Å². The maximum atomic E-state index is 12.7. The first-order chi connectivity index (χ1) is 11.8. The topological polar surface area (TPSA) is 57.6 Å². The van der Waals surface area contributed by atoms with Crippen molar-refractivity contribution in [2.24, 2.45) is 10.9 Å². The number of carbonyl (C=O) groups is 1. The summed E-state index contributed by atoms with van der Waals surface area (Å²) >= 11 is 0. The van der Waals surface area contributed by atoms with Gasteiger partial charge in [-0.25, -0.2) is 0 Å². The van der Waals surface area contributed by atoms with Gasteiger partial charge in [-0.3, -0.25) is 14.8 Å². The van der Waals surface area contributed by atoms with Crippen molar-refractivity contribution in [2.45, 2.75) is 25.7 Å². The van der Waals surface area contributed by atoms with Gasteiger partial charge in [0.25, 0.3) is 0 Å². The first kappa shape index (κ1) is 15.5. The molecule has 0 spiro atoms. The van der Waals surface area contributed by atoms with Crippen LogP contribution in [0.4, 0.5) is 0 Å². The van der Waals surface area contributed by atoms with Crippen molar-refractivity contribution in [2.75, 3.05) is 32.7 Å². The highest BCUT2D eigenvalue weighted by Crippen LogP contribution is 2.28. The van der Waals surface area contributed by atoms with E-state index in [-0.39, 0.29) is 0 Å². The molecule has 1 amide bonds. The quantitative estimate of drug-likeness (QED) is 0.922. The van der Waals surface area contributed by atoms with Gasteiger partial charge in [0, 0.05) is 37.5 Å². The molecule has 1 fully saturated rings. The first-order valence-corrected chi connectivity index (χ1v) is 8.96. The summed E-state index contributed by atoms with van der Waals surface area (Å²) in [6, 6.07) is 4.01. The monoisotopic (exact) mass is 324 g/mol. The molecule has 1 aromatic rings. The number of amides is 1. The second-order valence-corrected chi connectivity index (χ2v) is 6.96. The molecule has 4 heterocycles. The van der Waals surface area contributed by atoms with Gasteiger partial charge < -0.3 is 10.2 Å². The molecule has 0 radical (unpaired) electrons. The van der Waals surface area contributed by atoms with Gasteiger partial charge in [-0.2, -0.15) is 0 Å². The lowest BCUT2D eigenvalue weighted by Gasteiger charge is -2.31. The van der Waals surface area contributed by atoms with Crippen LogP contribution in [0.25, 0.3) is 0 Å². The molecule has 3 aliphatic rings. The molecule has 1 N–H and O–H groups in total. The minimum absolute atomic E-state index is 0.302. The van der Waals surface area contributed by atoms with Crippen LogP contribution in [0.2, 0.25) is 0 Å². The van der Waals surface area contributed by atoms with Gasteiger partial charge in [-0.15, -0.1) is 0 Å².